The second kappa shape index (κ2) is 6.73. The van der Waals surface area contributed by atoms with Gasteiger partial charge in [-0.2, -0.15) is 5.26 Å². The third kappa shape index (κ3) is 3.30. The van der Waals surface area contributed by atoms with Crippen molar-refractivity contribution in [3.05, 3.63) is 41.6 Å². The minimum Gasteiger partial charge on any atom is -0.383 e. The van der Waals surface area contributed by atoms with Crippen molar-refractivity contribution in [1.29, 1.82) is 5.26 Å². The van der Waals surface area contributed by atoms with Crippen LogP contribution in [0.1, 0.15) is 5.56 Å². The zero-order valence-corrected chi connectivity index (χ0v) is 12.1. The lowest BCUT2D eigenvalue weighted by molar-refractivity contribution is -0.117. The number of nitrogens with zero attached hydrogens (tertiary/aromatic N) is 2. The maximum Gasteiger partial charge on any atom is 0.262 e. The number of ether oxygens (including phenoxy) is 1. The summed E-state index contributed by atoms with van der Waals surface area (Å²) in [6.07, 6.45) is 3.52. The number of carbonyl (C=O) groups excluding carboxylic acids is 1. The Bertz CT molecular complexity index is 723. The van der Waals surface area contributed by atoms with Crippen LogP contribution in [0.3, 0.4) is 0 Å². The number of fused-ring (bicyclic) bond motifs is 1. The molecule has 5 heteroatoms. The number of nitrogens with one attached hydrogen (secondary N) is 1. The van der Waals surface area contributed by atoms with Crippen molar-refractivity contribution in [3.63, 3.8) is 0 Å². The van der Waals surface area contributed by atoms with E-state index in [4.69, 9.17) is 4.74 Å². The summed E-state index contributed by atoms with van der Waals surface area (Å²) in [7, 11) is 3.49. The van der Waals surface area contributed by atoms with Gasteiger partial charge in [-0.25, -0.2) is 0 Å². The van der Waals surface area contributed by atoms with Gasteiger partial charge < -0.3 is 14.6 Å². The predicted octanol–water partition coefficient (Wildman–Crippen LogP) is 1.85. The van der Waals surface area contributed by atoms with Gasteiger partial charge in [-0.15, -0.1) is 0 Å². The average Bonchev–Trinajstić information content (AvgIpc) is 2.82. The number of hydrogen-bond acceptors (Lipinski definition) is 3. The van der Waals surface area contributed by atoms with Gasteiger partial charge >= 0.3 is 0 Å². The Kier molecular flexibility index (Phi) is 4.75. The van der Waals surface area contributed by atoms with Crippen molar-refractivity contribution in [1.82, 2.24) is 9.88 Å². The molecule has 0 saturated heterocycles. The van der Waals surface area contributed by atoms with Crippen molar-refractivity contribution in [2.75, 3.05) is 20.3 Å². The molecule has 2 aromatic rings. The fourth-order valence-electron chi connectivity index (χ4n) is 2.15. The van der Waals surface area contributed by atoms with Crippen molar-refractivity contribution in [2.45, 2.75) is 0 Å². The van der Waals surface area contributed by atoms with E-state index in [0.717, 1.165) is 16.5 Å². The number of aryl methyl sites for hydroxylation is 1. The molecule has 1 aromatic carbocycles. The van der Waals surface area contributed by atoms with Crippen LogP contribution in [0.4, 0.5) is 0 Å². The highest BCUT2D eigenvalue weighted by Gasteiger charge is 2.10. The van der Waals surface area contributed by atoms with Gasteiger partial charge in [-0.05, 0) is 12.1 Å². The molecule has 0 spiro atoms. The second-order valence-corrected chi connectivity index (χ2v) is 4.63. The summed E-state index contributed by atoms with van der Waals surface area (Å²) in [6.45, 7) is 0.794. The molecule has 0 radical (unpaired) electrons. The summed E-state index contributed by atoms with van der Waals surface area (Å²) in [5, 5.41) is 12.8. The Morgan fingerprint density at radius 2 is 2.24 bits per heavy atom. The van der Waals surface area contributed by atoms with Crippen LogP contribution in [-0.4, -0.2) is 30.7 Å². The van der Waals surface area contributed by atoms with Crippen LogP contribution < -0.4 is 5.32 Å². The number of nitriles is 1. The highest BCUT2D eigenvalue weighted by Crippen LogP contribution is 2.22. The van der Waals surface area contributed by atoms with E-state index in [9.17, 15) is 10.1 Å². The normalized spacial score (nSPS) is 11.4. The number of carbonyl (C=O) groups is 1. The highest BCUT2D eigenvalue weighted by molar-refractivity contribution is 6.04. The molecule has 0 fully saturated rings. The Morgan fingerprint density at radius 3 is 2.95 bits per heavy atom. The second-order valence-electron chi connectivity index (χ2n) is 4.63. The summed E-state index contributed by atoms with van der Waals surface area (Å²) in [6, 6.07) is 9.81. The first-order chi connectivity index (χ1) is 10.2. The molecule has 1 N–H and O–H groups in total. The standard InChI is InChI=1S/C16H17N3O2/c1-19-11-13(14-5-3-4-6-15(14)19)9-12(10-17)16(20)18-7-8-21-2/h3-6,9,11H,7-8H2,1-2H3,(H,18,20)/b12-9+. The molecule has 0 saturated carbocycles. The van der Waals surface area contributed by atoms with Gasteiger partial charge in [-0.3, -0.25) is 4.79 Å². The molecule has 0 bridgehead atoms. The first kappa shape index (κ1) is 14.8. The summed E-state index contributed by atoms with van der Waals surface area (Å²) < 4.78 is 6.84. The third-order valence-electron chi connectivity index (χ3n) is 3.18. The molecule has 0 unspecified atom stereocenters. The molecule has 0 atom stereocenters. The Labute approximate surface area is 123 Å². The molecule has 1 heterocycles. The van der Waals surface area contributed by atoms with E-state index in [1.165, 1.54) is 0 Å². The van der Waals surface area contributed by atoms with E-state index >= 15 is 0 Å². The fourth-order valence-corrected chi connectivity index (χ4v) is 2.15. The lowest BCUT2D eigenvalue weighted by Crippen LogP contribution is -2.27. The van der Waals surface area contributed by atoms with Crippen molar-refractivity contribution >= 4 is 22.9 Å². The van der Waals surface area contributed by atoms with E-state index in [1.54, 1.807) is 13.2 Å². The summed E-state index contributed by atoms with van der Waals surface area (Å²) in [5.41, 5.74) is 2.00. The van der Waals surface area contributed by atoms with Crippen LogP contribution in [0.25, 0.3) is 17.0 Å². The minimum atomic E-state index is -0.387. The van der Waals surface area contributed by atoms with Crippen LogP contribution in [0.15, 0.2) is 36.0 Å². The Hall–Kier alpha value is -2.58. The number of hydrogen-bond donors (Lipinski definition) is 1. The zero-order valence-electron chi connectivity index (χ0n) is 12.1. The summed E-state index contributed by atoms with van der Waals surface area (Å²) in [5.74, 6) is -0.387. The smallest absolute Gasteiger partial charge is 0.262 e. The van der Waals surface area contributed by atoms with E-state index in [1.807, 2.05) is 48.1 Å². The summed E-state index contributed by atoms with van der Waals surface area (Å²) in [4.78, 5) is 11.9. The van der Waals surface area contributed by atoms with Crippen LogP contribution in [0.5, 0.6) is 0 Å². The first-order valence-electron chi connectivity index (χ1n) is 6.60. The number of para-hydroxylation sites is 1. The fraction of sp³-hybridized carbons (Fsp3) is 0.250. The van der Waals surface area contributed by atoms with E-state index in [2.05, 4.69) is 5.32 Å². The van der Waals surface area contributed by atoms with Crippen LogP contribution in [0.2, 0.25) is 0 Å². The average molecular weight is 283 g/mol. The van der Waals surface area contributed by atoms with Crippen molar-refractivity contribution in [2.24, 2.45) is 7.05 Å². The van der Waals surface area contributed by atoms with Crippen LogP contribution >= 0.6 is 0 Å². The molecule has 0 aliphatic heterocycles. The van der Waals surface area contributed by atoms with Crippen LogP contribution in [-0.2, 0) is 16.6 Å². The maximum absolute atomic E-state index is 11.9. The van der Waals surface area contributed by atoms with Gasteiger partial charge in [-0.1, -0.05) is 18.2 Å². The molecular weight excluding hydrogens is 266 g/mol. The lowest BCUT2D eigenvalue weighted by Gasteiger charge is -2.02. The Morgan fingerprint density at radius 1 is 1.48 bits per heavy atom. The van der Waals surface area contributed by atoms with E-state index < -0.39 is 0 Å². The van der Waals surface area contributed by atoms with E-state index in [0.29, 0.717) is 13.2 Å². The maximum atomic E-state index is 11.9. The number of benzene rings is 1. The highest BCUT2D eigenvalue weighted by atomic mass is 16.5. The predicted molar refractivity (Wildman–Crippen MR) is 81.4 cm³/mol. The molecule has 0 aliphatic carbocycles. The molecule has 2 rings (SSSR count). The number of methoxy groups -OCH3 is 1. The Balaban J connectivity index is 2.30. The third-order valence-corrected chi connectivity index (χ3v) is 3.18. The van der Waals surface area contributed by atoms with Crippen LogP contribution in [0, 0.1) is 11.3 Å². The van der Waals surface area contributed by atoms with Gasteiger partial charge in [0.1, 0.15) is 11.6 Å². The number of aromatic nitrogens is 1. The van der Waals surface area contributed by atoms with Crippen molar-refractivity contribution < 1.29 is 9.53 Å². The molecule has 108 valence electrons. The monoisotopic (exact) mass is 283 g/mol. The van der Waals surface area contributed by atoms with Gasteiger partial charge in [0.25, 0.3) is 5.91 Å². The molecule has 5 nitrogen and oxygen atoms in total. The van der Waals surface area contributed by atoms with Gasteiger partial charge in [0.2, 0.25) is 0 Å². The number of amides is 1. The topological polar surface area (TPSA) is 67.0 Å². The molecule has 1 aromatic heterocycles. The summed E-state index contributed by atoms with van der Waals surface area (Å²) >= 11 is 0. The first-order valence-corrected chi connectivity index (χ1v) is 6.60. The lowest BCUT2D eigenvalue weighted by atomic mass is 10.1. The molecule has 0 aliphatic rings. The largest absolute Gasteiger partial charge is 0.383 e. The number of rotatable bonds is 5. The minimum absolute atomic E-state index is 0.0856. The molecule has 21 heavy (non-hydrogen) atoms. The van der Waals surface area contributed by atoms with Gasteiger partial charge in [0.05, 0.1) is 6.61 Å². The van der Waals surface area contributed by atoms with E-state index in [-0.39, 0.29) is 11.5 Å². The quantitative estimate of drug-likeness (QED) is 0.517. The molecule has 1 amide bonds. The zero-order chi connectivity index (χ0) is 15.2. The SMILES string of the molecule is COCCNC(=O)/C(C#N)=C/c1cn(C)c2ccccc12. The van der Waals surface area contributed by atoms with Gasteiger partial charge in [0.15, 0.2) is 0 Å². The van der Waals surface area contributed by atoms with Crippen molar-refractivity contribution in [3.8, 4) is 6.07 Å². The van der Waals surface area contributed by atoms with Gasteiger partial charge in [0, 0.05) is 43.4 Å². The molecular formula is C16H17N3O2.